The lowest BCUT2D eigenvalue weighted by Gasteiger charge is -2.21. The van der Waals surface area contributed by atoms with Crippen molar-refractivity contribution in [2.24, 2.45) is 11.8 Å². The molecule has 0 amide bonds. The molecule has 0 spiro atoms. The Kier molecular flexibility index (Phi) is 5.76. The monoisotopic (exact) mass is 292 g/mol. The van der Waals surface area contributed by atoms with E-state index < -0.39 is 18.2 Å². The van der Waals surface area contributed by atoms with E-state index in [9.17, 15) is 15.0 Å². The molecule has 1 aliphatic rings. The van der Waals surface area contributed by atoms with E-state index in [-0.39, 0.29) is 18.3 Å². The molecule has 0 aliphatic heterocycles. The molecule has 116 valence electrons. The minimum atomic E-state index is -0.851. The molecule has 1 aliphatic carbocycles. The summed E-state index contributed by atoms with van der Waals surface area (Å²) in [7, 11) is 0. The molecule has 3 N–H and O–H groups in total. The minimum absolute atomic E-state index is 0.0284. The normalized spacial score (nSPS) is 26.7. The maximum absolute atomic E-state index is 10.9. The van der Waals surface area contributed by atoms with Gasteiger partial charge >= 0.3 is 5.97 Å². The predicted octanol–water partition coefficient (Wildman–Crippen LogP) is 2.23. The van der Waals surface area contributed by atoms with Gasteiger partial charge in [-0.3, -0.25) is 4.79 Å². The van der Waals surface area contributed by atoms with Gasteiger partial charge in [-0.2, -0.15) is 0 Å². The van der Waals surface area contributed by atoms with Crippen LogP contribution in [0.1, 0.15) is 37.7 Å². The number of aliphatic hydroxyl groups is 2. The molecule has 4 atom stereocenters. The average molecular weight is 292 g/mol. The van der Waals surface area contributed by atoms with Crippen LogP contribution in [0.25, 0.3) is 0 Å². The van der Waals surface area contributed by atoms with Gasteiger partial charge in [-0.25, -0.2) is 0 Å². The molecule has 0 saturated heterocycles. The molecule has 1 unspecified atom stereocenters. The first-order valence-electron chi connectivity index (χ1n) is 7.68. The number of hydrogen-bond donors (Lipinski definition) is 3. The summed E-state index contributed by atoms with van der Waals surface area (Å²) in [5.74, 6) is -0.802. The third kappa shape index (κ3) is 4.83. The fourth-order valence-electron chi connectivity index (χ4n) is 3.38. The maximum Gasteiger partial charge on any atom is 0.303 e. The van der Waals surface area contributed by atoms with Crippen molar-refractivity contribution < 1.29 is 20.1 Å². The first-order chi connectivity index (χ1) is 10.1. The average Bonchev–Trinajstić information content (AvgIpc) is 2.78. The van der Waals surface area contributed by atoms with Crippen LogP contribution in [0.5, 0.6) is 0 Å². The molecule has 1 fully saturated rings. The third-order valence-electron chi connectivity index (χ3n) is 4.53. The van der Waals surface area contributed by atoms with Crippen LogP contribution in [-0.2, 0) is 11.2 Å². The standard InChI is InChI=1S/C17H24O4/c18-14(10-12-4-2-1-3-5-12)8-6-13-7-9-16(19)15(13)11-17(20)21/h1-5,13-16,18-19H,6-11H2,(H,20,21)/t13-,14?,15+,16-/m1/s1. The van der Waals surface area contributed by atoms with Crippen LogP contribution in [0.4, 0.5) is 0 Å². The van der Waals surface area contributed by atoms with Crippen molar-refractivity contribution in [1.29, 1.82) is 0 Å². The molecule has 2 rings (SSSR count). The third-order valence-corrected chi connectivity index (χ3v) is 4.53. The Balaban J connectivity index is 1.80. The number of rotatable bonds is 7. The van der Waals surface area contributed by atoms with E-state index in [4.69, 9.17) is 5.11 Å². The second kappa shape index (κ2) is 7.57. The SMILES string of the molecule is O=C(O)C[C@H]1[C@H](CCC(O)Cc2ccccc2)CC[C@H]1O. The highest BCUT2D eigenvalue weighted by atomic mass is 16.4. The van der Waals surface area contributed by atoms with Gasteiger partial charge in [0.2, 0.25) is 0 Å². The number of benzene rings is 1. The Morgan fingerprint density at radius 1 is 1.24 bits per heavy atom. The molecule has 1 aromatic carbocycles. The lowest BCUT2D eigenvalue weighted by atomic mass is 9.86. The van der Waals surface area contributed by atoms with Crippen LogP contribution in [0.3, 0.4) is 0 Å². The number of carbonyl (C=O) groups is 1. The lowest BCUT2D eigenvalue weighted by Crippen LogP contribution is -2.23. The van der Waals surface area contributed by atoms with Gasteiger partial charge < -0.3 is 15.3 Å². The van der Waals surface area contributed by atoms with Gasteiger partial charge in [-0.15, -0.1) is 0 Å². The van der Waals surface area contributed by atoms with Crippen LogP contribution in [0.15, 0.2) is 30.3 Å². The van der Waals surface area contributed by atoms with Crippen molar-refractivity contribution in [3.8, 4) is 0 Å². The second-order valence-corrected chi connectivity index (χ2v) is 6.09. The zero-order valence-corrected chi connectivity index (χ0v) is 12.2. The van der Waals surface area contributed by atoms with Crippen molar-refractivity contribution in [1.82, 2.24) is 0 Å². The van der Waals surface area contributed by atoms with Gasteiger partial charge in [0.15, 0.2) is 0 Å². The molecular weight excluding hydrogens is 268 g/mol. The van der Waals surface area contributed by atoms with Crippen LogP contribution in [-0.4, -0.2) is 33.5 Å². The molecule has 21 heavy (non-hydrogen) atoms. The number of carboxylic acids is 1. The van der Waals surface area contributed by atoms with Crippen LogP contribution < -0.4 is 0 Å². The zero-order chi connectivity index (χ0) is 15.2. The van der Waals surface area contributed by atoms with E-state index >= 15 is 0 Å². The summed E-state index contributed by atoms with van der Waals surface area (Å²) >= 11 is 0. The molecule has 1 aromatic rings. The van der Waals surface area contributed by atoms with E-state index in [1.54, 1.807) is 0 Å². The van der Waals surface area contributed by atoms with Crippen LogP contribution in [0.2, 0.25) is 0 Å². The minimum Gasteiger partial charge on any atom is -0.481 e. The van der Waals surface area contributed by atoms with E-state index in [0.29, 0.717) is 19.3 Å². The number of carboxylic acid groups (broad SMARTS) is 1. The molecule has 0 bridgehead atoms. The highest BCUT2D eigenvalue weighted by molar-refractivity contribution is 5.67. The Morgan fingerprint density at radius 2 is 1.95 bits per heavy atom. The predicted molar refractivity (Wildman–Crippen MR) is 79.9 cm³/mol. The molecule has 4 heteroatoms. The van der Waals surface area contributed by atoms with E-state index in [2.05, 4.69) is 0 Å². The quantitative estimate of drug-likeness (QED) is 0.720. The van der Waals surface area contributed by atoms with Gasteiger partial charge in [-0.05, 0) is 49.5 Å². The summed E-state index contributed by atoms with van der Waals surface area (Å²) in [4.78, 5) is 10.9. The second-order valence-electron chi connectivity index (χ2n) is 6.09. The van der Waals surface area contributed by atoms with Gasteiger partial charge in [0.05, 0.1) is 18.6 Å². The fourth-order valence-corrected chi connectivity index (χ4v) is 3.38. The van der Waals surface area contributed by atoms with E-state index in [1.807, 2.05) is 30.3 Å². The summed E-state index contributed by atoms with van der Waals surface area (Å²) < 4.78 is 0. The van der Waals surface area contributed by atoms with Crippen molar-refractivity contribution in [3.63, 3.8) is 0 Å². The first-order valence-corrected chi connectivity index (χ1v) is 7.68. The molecular formula is C17H24O4. The van der Waals surface area contributed by atoms with Crippen molar-refractivity contribution in [2.45, 2.75) is 50.7 Å². The lowest BCUT2D eigenvalue weighted by molar-refractivity contribution is -0.139. The topological polar surface area (TPSA) is 77.8 Å². The molecule has 0 heterocycles. The van der Waals surface area contributed by atoms with Crippen molar-refractivity contribution in [3.05, 3.63) is 35.9 Å². The Morgan fingerprint density at radius 3 is 2.62 bits per heavy atom. The van der Waals surface area contributed by atoms with Gasteiger partial charge in [0, 0.05) is 0 Å². The highest BCUT2D eigenvalue weighted by Crippen LogP contribution is 2.37. The van der Waals surface area contributed by atoms with Crippen LogP contribution in [0, 0.1) is 11.8 Å². The number of hydrogen-bond acceptors (Lipinski definition) is 3. The largest absolute Gasteiger partial charge is 0.481 e. The highest BCUT2D eigenvalue weighted by Gasteiger charge is 2.36. The summed E-state index contributed by atoms with van der Waals surface area (Å²) in [5, 5.41) is 28.9. The van der Waals surface area contributed by atoms with Gasteiger partial charge in [0.1, 0.15) is 0 Å². The molecule has 4 nitrogen and oxygen atoms in total. The van der Waals surface area contributed by atoms with Gasteiger partial charge in [0.25, 0.3) is 0 Å². The fraction of sp³-hybridized carbons (Fsp3) is 0.588. The smallest absolute Gasteiger partial charge is 0.303 e. The van der Waals surface area contributed by atoms with Crippen LogP contribution >= 0.6 is 0 Å². The molecule has 1 saturated carbocycles. The van der Waals surface area contributed by atoms with E-state index in [1.165, 1.54) is 0 Å². The number of aliphatic carboxylic acids is 1. The van der Waals surface area contributed by atoms with Crippen molar-refractivity contribution >= 4 is 5.97 Å². The van der Waals surface area contributed by atoms with E-state index in [0.717, 1.165) is 18.4 Å². The number of aliphatic hydroxyl groups excluding tert-OH is 2. The first kappa shape index (κ1) is 16.0. The summed E-state index contributed by atoms with van der Waals surface area (Å²) in [6, 6.07) is 9.86. The Hall–Kier alpha value is -1.39. The Labute approximate surface area is 125 Å². The van der Waals surface area contributed by atoms with Crippen molar-refractivity contribution in [2.75, 3.05) is 0 Å². The zero-order valence-electron chi connectivity index (χ0n) is 12.2. The Bertz CT molecular complexity index is 445. The summed E-state index contributed by atoms with van der Waals surface area (Å²) in [6.07, 6.45) is 2.72. The summed E-state index contributed by atoms with van der Waals surface area (Å²) in [5.41, 5.74) is 1.11. The summed E-state index contributed by atoms with van der Waals surface area (Å²) in [6.45, 7) is 0. The molecule has 0 aromatic heterocycles. The molecule has 0 radical (unpaired) electrons. The van der Waals surface area contributed by atoms with Gasteiger partial charge in [-0.1, -0.05) is 30.3 Å². The maximum atomic E-state index is 10.9.